The average molecular weight is 372 g/mol. The molecular weight excluding hydrogens is 338 g/mol. The van der Waals surface area contributed by atoms with Gasteiger partial charge in [-0.25, -0.2) is 4.79 Å². The van der Waals surface area contributed by atoms with Gasteiger partial charge < -0.3 is 15.3 Å². The quantitative estimate of drug-likeness (QED) is 0.642. The molecule has 144 valence electrons. The van der Waals surface area contributed by atoms with Gasteiger partial charge in [-0.05, 0) is 45.1 Å². The van der Waals surface area contributed by atoms with Gasteiger partial charge in [-0.3, -0.25) is 5.73 Å². The summed E-state index contributed by atoms with van der Waals surface area (Å²) in [5.41, 5.74) is 5.09. The number of amides is 2. The largest absolute Gasteiger partial charge is 0.372 e. The summed E-state index contributed by atoms with van der Waals surface area (Å²) in [6.45, 7) is 11.3. The Hall–Kier alpha value is -1.30. The molecule has 0 spiro atoms. The third kappa shape index (κ3) is 9.10. The molecule has 1 aromatic carbocycles. The van der Waals surface area contributed by atoms with Crippen LogP contribution in [0, 0.1) is 5.92 Å². The lowest BCUT2D eigenvalue weighted by Crippen LogP contribution is -2.50. The van der Waals surface area contributed by atoms with Gasteiger partial charge >= 0.3 is 6.03 Å². The summed E-state index contributed by atoms with van der Waals surface area (Å²) >= 11 is 0. The predicted molar refractivity (Wildman–Crippen MR) is 106 cm³/mol. The maximum absolute atomic E-state index is 12.4. The number of hydrogen-bond donors (Lipinski definition) is 3. The third-order valence-electron chi connectivity index (χ3n) is 3.61. The monoisotopic (exact) mass is 371 g/mol. The molecule has 4 N–H and O–H groups in total. The van der Waals surface area contributed by atoms with Gasteiger partial charge in [0, 0.05) is 18.6 Å². The molecular formula is C19H34ClN3O2. The van der Waals surface area contributed by atoms with E-state index < -0.39 is 5.72 Å². The van der Waals surface area contributed by atoms with Crippen LogP contribution < -0.4 is 11.1 Å². The van der Waals surface area contributed by atoms with Crippen LogP contribution in [0.25, 0.3) is 0 Å². The van der Waals surface area contributed by atoms with Crippen LogP contribution in [0.1, 0.15) is 53.0 Å². The first-order valence-electron chi connectivity index (χ1n) is 8.65. The van der Waals surface area contributed by atoms with E-state index in [4.69, 9.17) is 5.73 Å². The second kappa shape index (κ2) is 10.00. The van der Waals surface area contributed by atoms with Crippen molar-refractivity contribution in [2.45, 2.75) is 58.7 Å². The Morgan fingerprint density at radius 2 is 1.80 bits per heavy atom. The number of nitrogens with zero attached hydrogens (tertiary/aromatic N) is 1. The Bertz CT molecular complexity index is 513. The molecule has 6 heteroatoms. The Morgan fingerprint density at radius 1 is 1.24 bits per heavy atom. The topological polar surface area (TPSA) is 78.6 Å². The number of hydrogen-bond acceptors (Lipinski definition) is 3. The van der Waals surface area contributed by atoms with Crippen molar-refractivity contribution in [2.75, 3.05) is 13.1 Å². The van der Waals surface area contributed by atoms with Gasteiger partial charge in [0.2, 0.25) is 0 Å². The lowest BCUT2D eigenvalue weighted by molar-refractivity contribution is 0.0297. The summed E-state index contributed by atoms with van der Waals surface area (Å²) in [6, 6.07) is 9.16. The van der Waals surface area contributed by atoms with Gasteiger partial charge in [-0.1, -0.05) is 44.2 Å². The van der Waals surface area contributed by atoms with Crippen LogP contribution in [-0.2, 0) is 5.72 Å². The molecule has 0 bridgehead atoms. The number of aliphatic hydroxyl groups is 1. The molecule has 0 aliphatic heterocycles. The van der Waals surface area contributed by atoms with Crippen molar-refractivity contribution in [3.05, 3.63) is 35.9 Å². The molecule has 1 atom stereocenters. The summed E-state index contributed by atoms with van der Waals surface area (Å²) in [6.07, 6.45) is 1.03. The van der Waals surface area contributed by atoms with Crippen molar-refractivity contribution in [1.29, 1.82) is 0 Å². The number of carbonyl (C=O) groups is 1. The van der Waals surface area contributed by atoms with Crippen LogP contribution in [-0.4, -0.2) is 34.7 Å². The first-order valence-corrected chi connectivity index (χ1v) is 8.65. The van der Waals surface area contributed by atoms with E-state index in [1.54, 1.807) is 4.90 Å². The van der Waals surface area contributed by atoms with Gasteiger partial charge in [0.05, 0.1) is 0 Å². The second-order valence-electron chi connectivity index (χ2n) is 7.91. The highest BCUT2D eigenvalue weighted by atomic mass is 35.5. The van der Waals surface area contributed by atoms with E-state index in [1.165, 1.54) is 0 Å². The first-order chi connectivity index (χ1) is 11.0. The molecule has 2 amide bonds. The Balaban J connectivity index is 0.00000576. The Kier molecular flexibility index (Phi) is 9.48. The summed E-state index contributed by atoms with van der Waals surface area (Å²) in [5, 5.41) is 13.5. The minimum absolute atomic E-state index is 0. The normalized spacial score (nSPS) is 13.8. The maximum Gasteiger partial charge on any atom is 0.317 e. The van der Waals surface area contributed by atoms with E-state index in [0.717, 1.165) is 0 Å². The molecule has 0 radical (unpaired) electrons. The zero-order chi connectivity index (χ0) is 18.4. The van der Waals surface area contributed by atoms with Crippen molar-refractivity contribution in [3.8, 4) is 0 Å². The van der Waals surface area contributed by atoms with E-state index in [2.05, 4.69) is 19.2 Å². The number of carbonyl (C=O) groups excluding carboxylic acids is 1. The molecule has 25 heavy (non-hydrogen) atoms. The molecule has 0 saturated heterocycles. The van der Waals surface area contributed by atoms with E-state index in [-0.39, 0.29) is 24.0 Å². The standard InChI is InChI=1S/C19H33N3O2.ClH/c1-15(2)14-22(17(23)21-18(3,4)5)13-9-12-19(20,24)16-10-7-6-8-11-16;/h6-8,10-11,15,24H,9,12-14,20H2,1-5H3,(H,21,23);1H. The van der Waals surface area contributed by atoms with Crippen LogP contribution in [0.15, 0.2) is 30.3 Å². The molecule has 1 aromatic rings. The van der Waals surface area contributed by atoms with Gasteiger partial charge in [0.1, 0.15) is 5.72 Å². The summed E-state index contributed by atoms with van der Waals surface area (Å²) in [5.74, 6) is 0.376. The molecule has 0 aliphatic carbocycles. The minimum Gasteiger partial charge on any atom is -0.372 e. The zero-order valence-corrected chi connectivity index (χ0v) is 16.9. The number of nitrogens with two attached hydrogens (primary N) is 1. The lowest BCUT2D eigenvalue weighted by atomic mass is 9.98. The van der Waals surface area contributed by atoms with Crippen LogP contribution in [0.3, 0.4) is 0 Å². The van der Waals surface area contributed by atoms with Crippen molar-refractivity contribution in [1.82, 2.24) is 10.2 Å². The molecule has 0 aliphatic rings. The number of halogens is 1. The SMILES string of the molecule is CC(C)CN(CCCC(N)(O)c1ccccc1)C(=O)NC(C)(C)C.Cl. The summed E-state index contributed by atoms with van der Waals surface area (Å²) < 4.78 is 0. The van der Waals surface area contributed by atoms with Crippen LogP contribution in [0.2, 0.25) is 0 Å². The van der Waals surface area contributed by atoms with E-state index in [9.17, 15) is 9.90 Å². The Labute approximate surface area is 158 Å². The molecule has 1 rings (SSSR count). The summed E-state index contributed by atoms with van der Waals surface area (Å²) in [7, 11) is 0. The Morgan fingerprint density at radius 3 is 2.28 bits per heavy atom. The molecule has 0 heterocycles. The first kappa shape index (κ1) is 23.7. The van der Waals surface area contributed by atoms with Crippen LogP contribution >= 0.6 is 12.4 Å². The van der Waals surface area contributed by atoms with E-state index in [0.29, 0.717) is 37.4 Å². The fraction of sp³-hybridized carbons (Fsp3) is 0.632. The van der Waals surface area contributed by atoms with E-state index in [1.807, 2.05) is 51.1 Å². The average Bonchev–Trinajstić information content (AvgIpc) is 2.45. The summed E-state index contributed by atoms with van der Waals surface area (Å²) in [4.78, 5) is 14.2. The lowest BCUT2D eigenvalue weighted by Gasteiger charge is -2.31. The molecule has 0 saturated carbocycles. The molecule has 1 unspecified atom stereocenters. The van der Waals surface area contributed by atoms with Crippen molar-refractivity contribution in [3.63, 3.8) is 0 Å². The minimum atomic E-state index is -1.37. The van der Waals surface area contributed by atoms with Gasteiger partial charge in [-0.15, -0.1) is 12.4 Å². The van der Waals surface area contributed by atoms with Crippen molar-refractivity contribution >= 4 is 18.4 Å². The number of nitrogens with one attached hydrogen (secondary N) is 1. The van der Waals surface area contributed by atoms with Gasteiger partial charge in [0.25, 0.3) is 0 Å². The van der Waals surface area contributed by atoms with Crippen molar-refractivity contribution in [2.24, 2.45) is 11.7 Å². The smallest absolute Gasteiger partial charge is 0.317 e. The van der Waals surface area contributed by atoms with Gasteiger partial charge in [-0.2, -0.15) is 0 Å². The predicted octanol–water partition coefficient (Wildman–Crippen LogP) is 3.46. The maximum atomic E-state index is 12.4. The van der Waals surface area contributed by atoms with Crippen molar-refractivity contribution < 1.29 is 9.90 Å². The highest BCUT2D eigenvalue weighted by Gasteiger charge is 2.25. The van der Waals surface area contributed by atoms with E-state index >= 15 is 0 Å². The highest BCUT2D eigenvalue weighted by molar-refractivity contribution is 5.85. The van der Waals surface area contributed by atoms with Crippen LogP contribution in [0.5, 0.6) is 0 Å². The van der Waals surface area contributed by atoms with Crippen LogP contribution in [0.4, 0.5) is 4.79 Å². The highest BCUT2D eigenvalue weighted by Crippen LogP contribution is 2.20. The second-order valence-corrected chi connectivity index (χ2v) is 7.91. The molecule has 0 aromatic heterocycles. The number of rotatable bonds is 7. The van der Waals surface area contributed by atoms with Gasteiger partial charge in [0.15, 0.2) is 0 Å². The third-order valence-corrected chi connectivity index (χ3v) is 3.61. The molecule has 0 fully saturated rings. The fourth-order valence-electron chi connectivity index (χ4n) is 2.53. The fourth-order valence-corrected chi connectivity index (χ4v) is 2.53. The zero-order valence-electron chi connectivity index (χ0n) is 16.1. The number of benzene rings is 1. The number of urea groups is 1. The molecule has 5 nitrogen and oxygen atoms in total.